The Bertz CT molecular complexity index is 573. The molecule has 3 rings (SSSR count). The molecule has 2 fully saturated rings. The molecule has 0 atom stereocenters. The van der Waals surface area contributed by atoms with Gasteiger partial charge in [0.15, 0.2) is 5.96 Å². The van der Waals surface area contributed by atoms with Gasteiger partial charge in [0, 0.05) is 53.1 Å². The number of nitrogens with one attached hydrogen (secondary N) is 1. The fourth-order valence-corrected chi connectivity index (χ4v) is 3.10. The highest BCUT2D eigenvalue weighted by Gasteiger charge is 2.21. The molecule has 0 bridgehead atoms. The van der Waals surface area contributed by atoms with Crippen LogP contribution in [0.3, 0.4) is 0 Å². The number of halogens is 1. The van der Waals surface area contributed by atoms with Crippen LogP contribution in [0.2, 0.25) is 0 Å². The summed E-state index contributed by atoms with van der Waals surface area (Å²) < 4.78 is 5.72. The molecule has 1 aromatic heterocycles. The van der Waals surface area contributed by atoms with Crippen LogP contribution in [0, 0.1) is 5.92 Å². The zero-order chi connectivity index (χ0) is 17.5. The molecule has 1 saturated carbocycles. The third-order valence-corrected chi connectivity index (χ3v) is 4.89. The Morgan fingerprint density at radius 1 is 1.38 bits per heavy atom. The zero-order valence-electron chi connectivity index (χ0n) is 16.0. The molecule has 1 N–H and O–H groups in total. The van der Waals surface area contributed by atoms with Gasteiger partial charge in [-0.05, 0) is 49.3 Å². The molecule has 1 aliphatic carbocycles. The molecule has 1 aliphatic heterocycles. The summed E-state index contributed by atoms with van der Waals surface area (Å²) in [4.78, 5) is 13.4. The van der Waals surface area contributed by atoms with E-state index in [0.29, 0.717) is 0 Å². The van der Waals surface area contributed by atoms with E-state index in [1.54, 1.807) is 0 Å². The topological polar surface area (TPSA) is 53.0 Å². The molecule has 0 spiro atoms. The number of likely N-dealkylation sites (N-methyl/N-ethyl adjacent to an activating group) is 1. The smallest absolute Gasteiger partial charge is 0.193 e. The highest BCUT2D eigenvalue weighted by atomic mass is 127. The Hall–Kier alpha value is -1.09. The summed E-state index contributed by atoms with van der Waals surface area (Å²) in [6, 6.07) is 4.25. The SMILES string of the molecule is CN=C(NCc1ccnc(N2CCCC2)c1)N(C)CCOCC1CC1.I. The molecule has 1 aromatic rings. The Morgan fingerprint density at radius 3 is 2.85 bits per heavy atom. The van der Waals surface area contributed by atoms with Crippen LogP contribution >= 0.6 is 24.0 Å². The van der Waals surface area contributed by atoms with Crippen LogP contribution in [-0.4, -0.2) is 62.8 Å². The van der Waals surface area contributed by atoms with E-state index < -0.39 is 0 Å². The first kappa shape index (κ1) is 21.2. The van der Waals surface area contributed by atoms with Crippen LogP contribution in [0.5, 0.6) is 0 Å². The summed E-state index contributed by atoms with van der Waals surface area (Å²) in [6.45, 7) is 5.51. The number of hydrogen-bond acceptors (Lipinski definition) is 4. The van der Waals surface area contributed by atoms with Crippen molar-refractivity contribution >= 4 is 35.8 Å². The standard InChI is InChI=1S/C19H31N5O.HI/c1-20-19(23(2)11-12-25-15-16-5-6-16)22-14-17-7-8-21-18(13-17)24-9-3-4-10-24;/h7-8,13,16H,3-6,9-12,14-15H2,1-2H3,(H,20,22);1H. The van der Waals surface area contributed by atoms with Crippen molar-refractivity contribution in [3.05, 3.63) is 23.9 Å². The van der Waals surface area contributed by atoms with Crippen molar-refractivity contribution in [3.63, 3.8) is 0 Å². The highest BCUT2D eigenvalue weighted by molar-refractivity contribution is 14.0. The van der Waals surface area contributed by atoms with Gasteiger partial charge in [0.2, 0.25) is 0 Å². The van der Waals surface area contributed by atoms with E-state index >= 15 is 0 Å². The molecular formula is C19H32IN5O. The van der Waals surface area contributed by atoms with Gasteiger partial charge in [-0.15, -0.1) is 24.0 Å². The predicted octanol–water partition coefficient (Wildman–Crippen LogP) is 2.73. The third-order valence-electron chi connectivity index (χ3n) is 4.89. The molecule has 26 heavy (non-hydrogen) atoms. The van der Waals surface area contributed by atoms with E-state index in [2.05, 4.69) is 44.3 Å². The second-order valence-corrected chi connectivity index (χ2v) is 7.06. The average molecular weight is 473 g/mol. The van der Waals surface area contributed by atoms with Crippen molar-refractivity contribution in [3.8, 4) is 0 Å². The quantitative estimate of drug-likeness (QED) is 0.273. The molecule has 2 aliphatic rings. The summed E-state index contributed by atoms with van der Waals surface area (Å²) in [5, 5.41) is 3.44. The van der Waals surface area contributed by atoms with Crippen molar-refractivity contribution in [1.82, 2.24) is 15.2 Å². The Labute approximate surface area is 174 Å². The number of hydrogen-bond donors (Lipinski definition) is 1. The van der Waals surface area contributed by atoms with Gasteiger partial charge in [-0.25, -0.2) is 4.98 Å². The summed E-state index contributed by atoms with van der Waals surface area (Å²) in [5.41, 5.74) is 1.23. The molecule has 0 aromatic carbocycles. The number of pyridine rings is 1. The molecule has 7 heteroatoms. The first-order valence-electron chi connectivity index (χ1n) is 9.45. The number of rotatable bonds is 8. The van der Waals surface area contributed by atoms with Crippen LogP contribution in [0.15, 0.2) is 23.3 Å². The molecule has 1 saturated heterocycles. The number of guanidine groups is 1. The van der Waals surface area contributed by atoms with Crippen molar-refractivity contribution in [2.24, 2.45) is 10.9 Å². The molecule has 2 heterocycles. The summed E-state index contributed by atoms with van der Waals surface area (Å²) in [5.74, 6) is 2.81. The van der Waals surface area contributed by atoms with E-state index in [-0.39, 0.29) is 24.0 Å². The van der Waals surface area contributed by atoms with Crippen molar-refractivity contribution < 1.29 is 4.74 Å². The van der Waals surface area contributed by atoms with Crippen LogP contribution in [-0.2, 0) is 11.3 Å². The first-order valence-corrected chi connectivity index (χ1v) is 9.45. The zero-order valence-corrected chi connectivity index (χ0v) is 18.3. The Morgan fingerprint density at radius 2 is 2.15 bits per heavy atom. The summed E-state index contributed by atoms with van der Waals surface area (Å²) in [7, 11) is 3.88. The van der Waals surface area contributed by atoms with Gasteiger partial charge in [0.1, 0.15) is 5.82 Å². The maximum Gasteiger partial charge on any atom is 0.193 e. The second kappa shape index (κ2) is 10.9. The molecule has 146 valence electrons. The lowest BCUT2D eigenvalue weighted by molar-refractivity contribution is 0.115. The molecule has 6 nitrogen and oxygen atoms in total. The van der Waals surface area contributed by atoms with Crippen molar-refractivity contribution in [1.29, 1.82) is 0 Å². The fourth-order valence-electron chi connectivity index (χ4n) is 3.10. The summed E-state index contributed by atoms with van der Waals surface area (Å²) >= 11 is 0. The lowest BCUT2D eigenvalue weighted by Crippen LogP contribution is -2.40. The monoisotopic (exact) mass is 473 g/mol. The fraction of sp³-hybridized carbons (Fsp3) is 0.684. The van der Waals surface area contributed by atoms with Gasteiger partial charge < -0.3 is 19.9 Å². The molecule has 0 radical (unpaired) electrons. The maximum absolute atomic E-state index is 5.72. The maximum atomic E-state index is 5.72. The van der Waals surface area contributed by atoms with E-state index in [0.717, 1.165) is 57.1 Å². The highest BCUT2D eigenvalue weighted by Crippen LogP contribution is 2.28. The summed E-state index contributed by atoms with van der Waals surface area (Å²) in [6.07, 6.45) is 7.12. The minimum absolute atomic E-state index is 0. The molecular weight excluding hydrogens is 441 g/mol. The average Bonchev–Trinajstić information content (AvgIpc) is 3.29. The lowest BCUT2D eigenvalue weighted by Gasteiger charge is -2.22. The van der Waals surface area contributed by atoms with Crippen molar-refractivity contribution in [2.45, 2.75) is 32.2 Å². The van der Waals surface area contributed by atoms with E-state index in [4.69, 9.17) is 4.74 Å². The largest absolute Gasteiger partial charge is 0.379 e. The van der Waals surface area contributed by atoms with E-state index in [1.165, 1.54) is 31.2 Å². The van der Waals surface area contributed by atoms with Crippen LogP contribution < -0.4 is 10.2 Å². The van der Waals surface area contributed by atoms with Crippen LogP contribution in [0.25, 0.3) is 0 Å². The molecule has 0 amide bonds. The Kier molecular flexibility index (Phi) is 8.90. The predicted molar refractivity (Wildman–Crippen MR) is 117 cm³/mol. The van der Waals surface area contributed by atoms with Crippen LogP contribution in [0.4, 0.5) is 5.82 Å². The van der Waals surface area contributed by atoms with Gasteiger partial charge in [0.05, 0.1) is 6.61 Å². The minimum Gasteiger partial charge on any atom is -0.379 e. The van der Waals surface area contributed by atoms with Gasteiger partial charge in [-0.1, -0.05) is 0 Å². The number of nitrogens with zero attached hydrogens (tertiary/aromatic N) is 4. The second-order valence-electron chi connectivity index (χ2n) is 7.06. The van der Waals surface area contributed by atoms with E-state index in [9.17, 15) is 0 Å². The van der Waals surface area contributed by atoms with Gasteiger partial charge in [-0.3, -0.25) is 4.99 Å². The number of ether oxygens (including phenoxy) is 1. The van der Waals surface area contributed by atoms with Gasteiger partial charge in [0.25, 0.3) is 0 Å². The van der Waals surface area contributed by atoms with Crippen LogP contribution in [0.1, 0.15) is 31.2 Å². The third kappa shape index (κ3) is 6.57. The van der Waals surface area contributed by atoms with Crippen molar-refractivity contribution in [2.75, 3.05) is 51.8 Å². The van der Waals surface area contributed by atoms with Gasteiger partial charge in [-0.2, -0.15) is 0 Å². The normalized spacial score (nSPS) is 17.2. The Balaban J connectivity index is 0.00000243. The van der Waals surface area contributed by atoms with Gasteiger partial charge >= 0.3 is 0 Å². The number of anilines is 1. The first-order chi connectivity index (χ1) is 12.3. The number of aromatic nitrogens is 1. The van der Waals surface area contributed by atoms with E-state index in [1.807, 2.05) is 13.2 Å². The number of aliphatic imine (C=N–C) groups is 1. The molecule has 0 unspecified atom stereocenters. The minimum atomic E-state index is 0. The lowest BCUT2D eigenvalue weighted by atomic mass is 10.2.